The van der Waals surface area contributed by atoms with Gasteiger partial charge < -0.3 is 14.5 Å². The maximum absolute atomic E-state index is 12.3. The number of ether oxygens (including phenoxy) is 1. The molecule has 0 fully saturated rings. The normalized spacial score (nSPS) is 11.7. The van der Waals surface area contributed by atoms with E-state index in [0.29, 0.717) is 16.5 Å². The summed E-state index contributed by atoms with van der Waals surface area (Å²) in [5.74, 6) is -1.37. The van der Waals surface area contributed by atoms with Gasteiger partial charge in [0.2, 0.25) is 0 Å². The number of esters is 1. The standard InChI is InChI=1S/C21H18N2O7/c1-12-6-7-17-15(10-19(24)30-18(17)8-12)11-29-21(26)13(2)22-20(25)14-4-3-5-16(9-14)23(27)28/h3-10,13H,11H2,1-2H3,(H,22,25)/t13-/m0/s1. The molecule has 0 unspecified atom stereocenters. The van der Waals surface area contributed by atoms with Crippen molar-refractivity contribution in [3.8, 4) is 0 Å². The maximum Gasteiger partial charge on any atom is 0.336 e. The number of nitro benzene ring substituents is 1. The summed E-state index contributed by atoms with van der Waals surface area (Å²) in [5.41, 5.74) is 1.03. The number of nitrogens with zero attached hydrogens (tertiary/aromatic N) is 1. The highest BCUT2D eigenvalue weighted by atomic mass is 16.6. The highest BCUT2D eigenvalue weighted by Gasteiger charge is 2.20. The third-order valence-corrected chi connectivity index (χ3v) is 4.38. The van der Waals surface area contributed by atoms with Crippen LogP contribution in [0.15, 0.2) is 57.7 Å². The minimum Gasteiger partial charge on any atom is -0.459 e. The molecule has 3 aromatic rings. The number of nitro groups is 1. The van der Waals surface area contributed by atoms with Crippen LogP contribution < -0.4 is 10.9 Å². The van der Waals surface area contributed by atoms with E-state index >= 15 is 0 Å². The summed E-state index contributed by atoms with van der Waals surface area (Å²) in [4.78, 5) is 46.5. The van der Waals surface area contributed by atoms with Gasteiger partial charge in [-0.2, -0.15) is 0 Å². The van der Waals surface area contributed by atoms with Crippen molar-refractivity contribution in [1.29, 1.82) is 0 Å². The summed E-state index contributed by atoms with van der Waals surface area (Å²) in [7, 11) is 0. The third kappa shape index (κ3) is 4.69. The monoisotopic (exact) mass is 410 g/mol. The lowest BCUT2D eigenvalue weighted by Gasteiger charge is -2.14. The van der Waals surface area contributed by atoms with Crippen molar-refractivity contribution in [3.05, 3.63) is 85.8 Å². The van der Waals surface area contributed by atoms with E-state index in [0.717, 1.165) is 11.6 Å². The Hall–Kier alpha value is -4.01. The number of rotatable bonds is 6. The van der Waals surface area contributed by atoms with Crippen molar-refractivity contribution in [1.82, 2.24) is 5.32 Å². The molecule has 3 rings (SSSR count). The van der Waals surface area contributed by atoms with Crippen LogP contribution in [0, 0.1) is 17.0 Å². The van der Waals surface area contributed by atoms with Crippen LogP contribution in [0.25, 0.3) is 11.0 Å². The quantitative estimate of drug-likeness (QED) is 0.286. The Bertz CT molecular complexity index is 1200. The van der Waals surface area contributed by atoms with Crippen LogP contribution in [-0.2, 0) is 16.1 Å². The average Bonchev–Trinajstić information content (AvgIpc) is 2.71. The highest BCUT2D eigenvalue weighted by molar-refractivity contribution is 5.97. The molecule has 0 saturated carbocycles. The molecule has 2 aromatic carbocycles. The molecule has 1 amide bonds. The van der Waals surface area contributed by atoms with Crippen LogP contribution in [0.5, 0.6) is 0 Å². The van der Waals surface area contributed by atoms with E-state index in [4.69, 9.17) is 9.15 Å². The van der Waals surface area contributed by atoms with Crippen molar-refractivity contribution in [3.63, 3.8) is 0 Å². The number of benzene rings is 2. The molecule has 0 spiro atoms. The largest absolute Gasteiger partial charge is 0.459 e. The first-order valence-electron chi connectivity index (χ1n) is 9.00. The van der Waals surface area contributed by atoms with E-state index in [9.17, 15) is 24.5 Å². The van der Waals surface area contributed by atoms with Gasteiger partial charge in [-0.15, -0.1) is 0 Å². The molecule has 1 N–H and O–H groups in total. The highest BCUT2D eigenvalue weighted by Crippen LogP contribution is 2.19. The van der Waals surface area contributed by atoms with Crippen LogP contribution in [-0.4, -0.2) is 22.8 Å². The number of carbonyl (C=O) groups excluding carboxylic acids is 2. The Morgan fingerprint density at radius 1 is 1.20 bits per heavy atom. The van der Waals surface area contributed by atoms with Crippen molar-refractivity contribution in [2.75, 3.05) is 0 Å². The molecule has 9 heteroatoms. The molecule has 1 aromatic heterocycles. The molecular formula is C21H18N2O7. The van der Waals surface area contributed by atoms with Gasteiger partial charge >= 0.3 is 11.6 Å². The summed E-state index contributed by atoms with van der Waals surface area (Å²) in [6.45, 7) is 3.11. The number of aryl methyl sites for hydroxylation is 1. The molecule has 154 valence electrons. The fraction of sp³-hybridized carbons (Fsp3) is 0.190. The van der Waals surface area contributed by atoms with Crippen LogP contribution in [0.2, 0.25) is 0 Å². The van der Waals surface area contributed by atoms with Crippen molar-refractivity contribution < 1.29 is 23.7 Å². The topological polar surface area (TPSA) is 129 Å². The number of hydrogen-bond donors (Lipinski definition) is 1. The minimum atomic E-state index is -1.01. The molecule has 1 atom stereocenters. The lowest BCUT2D eigenvalue weighted by molar-refractivity contribution is -0.384. The molecule has 0 aliphatic carbocycles. The van der Waals surface area contributed by atoms with Gasteiger partial charge in [0.05, 0.1) is 4.92 Å². The zero-order valence-corrected chi connectivity index (χ0v) is 16.2. The lowest BCUT2D eigenvalue weighted by Crippen LogP contribution is -2.39. The van der Waals surface area contributed by atoms with Gasteiger partial charge in [0.15, 0.2) is 0 Å². The molecule has 1 heterocycles. The van der Waals surface area contributed by atoms with Crippen molar-refractivity contribution >= 4 is 28.5 Å². The Labute approximate surface area is 170 Å². The summed E-state index contributed by atoms with van der Waals surface area (Å²) in [6, 6.07) is 10.7. The number of nitrogens with one attached hydrogen (secondary N) is 1. The van der Waals surface area contributed by atoms with E-state index in [2.05, 4.69) is 5.32 Å². The summed E-state index contributed by atoms with van der Waals surface area (Å²) < 4.78 is 10.4. The van der Waals surface area contributed by atoms with Gasteiger partial charge in [0.1, 0.15) is 18.2 Å². The summed E-state index contributed by atoms with van der Waals surface area (Å²) >= 11 is 0. The predicted octanol–water partition coefficient (Wildman–Crippen LogP) is 2.87. The smallest absolute Gasteiger partial charge is 0.336 e. The van der Waals surface area contributed by atoms with Gasteiger partial charge in [-0.25, -0.2) is 9.59 Å². The molecule has 0 saturated heterocycles. The summed E-state index contributed by atoms with van der Waals surface area (Å²) in [5, 5.41) is 13.9. The van der Waals surface area contributed by atoms with Crippen LogP contribution in [0.4, 0.5) is 5.69 Å². The molecule has 0 bridgehead atoms. The number of amides is 1. The fourth-order valence-corrected chi connectivity index (χ4v) is 2.83. The minimum absolute atomic E-state index is 0.0471. The Morgan fingerprint density at radius 2 is 1.97 bits per heavy atom. The number of fused-ring (bicyclic) bond motifs is 1. The number of carbonyl (C=O) groups is 2. The van der Waals surface area contributed by atoms with Gasteiger partial charge in [0, 0.05) is 34.7 Å². The Kier molecular flexibility index (Phi) is 5.91. The Balaban J connectivity index is 1.67. The van der Waals surface area contributed by atoms with Gasteiger partial charge in [-0.05, 0) is 31.5 Å². The molecule has 0 aliphatic heterocycles. The van der Waals surface area contributed by atoms with Gasteiger partial charge in [-0.3, -0.25) is 14.9 Å². The van der Waals surface area contributed by atoms with E-state index in [1.165, 1.54) is 31.2 Å². The van der Waals surface area contributed by atoms with E-state index in [1.807, 2.05) is 13.0 Å². The molecule has 0 aliphatic rings. The van der Waals surface area contributed by atoms with Crippen LogP contribution >= 0.6 is 0 Å². The van der Waals surface area contributed by atoms with Gasteiger partial charge in [0.25, 0.3) is 11.6 Å². The average molecular weight is 410 g/mol. The van der Waals surface area contributed by atoms with Crippen LogP contribution in [0.1, 0.15) is 28.4 Å². The summed E-state index contributed by atoms with van der Waals surface area (Å²) in [6.07, 6.45) is 0. The first kappa shape index (κ1) is 20.7. The first-order valence-corrected chi connectivity index (χ1v) is 9.00. The lowest BCUT2D eigenvalue weighted by atomic mass is 10.1. The van der Waals surface area contributed by atoms with Crippen molar-refractivity contribution in [2.24, 2.45) is 0 Å². The Morgan fingerprint density at radius 3 is 2.70 bits per heavy atom. The van der Waals surface area contributed by atoms with E-state index < -0.39 is 28.5 Å². The number of non-ortho nitro benzene ring substituents is 1. The SMILES string of the molecule is Cc1ccc2c(COC(=O)[C@H](C)NC(=O)c3cccc([N+](=O)[O-])c3)cc(=O)oc2c1. The third-order valence-electron chi connectivity index (χ3n) is 4.38. The predicted molar refractivity (Wildman–Crippen MR) is 107 cm³/mol. The molecular weight excluding hydrogens is 392 g/mol. The van der Waals surface area contributed by atoms with E-state index in [1.54, 1.807) is 12.1 Å². The molecule has 9 nitrogen and oxygen atoms in total. The first-order chi connectivity index (χ1) is 14.2. The maximum atomic E-state index is 12.3. The number of hydrogen-bond acceptors (Lipinski definition) is 7. The second-order valence-corrected chi connectivity index (χ2v) is 6.70. The van der Waals surface area contributed by atoms with Crippen LogP contribution in [0.3, 0.4) is 0 Å². The second kappa shape index (κ2) is 8.56. The second-order valence-electron chi connectivity index (χ2n) is 6.70. The van der Waals surface area contributed by atoms with Gasteiger partial charge in [-0.1, -0.05) is 18.2 Å². The van der Waals surface area contributed by atoms with E-state index in [-0.39, 0.29) is 17.9 Å². The molecule has 0 radical (unpaired) electrons. The van der Waals surface area contributed by atoms with Crippen molar-refractivity contribution in [2.45, 2.75) is 26.5 Å². The molecule has 30 heavy (non-hydrogen) atoms. The zero-order valence-electron chi connectivity index (χ0n) is 16.2. The fourth-order valence-electron chi connectivity index (χ4n) is 2.83. The zero-order chi connectivity index (χ0) is 21.8.